The van der Waals surface area contributed by atoms with Gasteiger partial charge in [0.15, 0.2) is 0 Å². The molecule has 0 atom stereocenters. The molecular formula is C10H25O6Ta2+3. The number of hydrogen-bond donors (Lipinski definition) is 0. The Morgan fingerprint density at radius 1 is 0.444 bits per heavy atom. The summed E-state index contributed by atoms with van der Waals surface area (Å²) in [5.74, 6) is 0. The van der Waals surface area contributed by atoms with Gasteiger partial charge in [-0.15, -0.1) is 33.0 Å². The fourth-order valence-corrected chi connectivity index (χ4v) is 0. The summed E-state index contributed by atoms with van der Waals surface area (Å²) in [6.45, 7) is 7.85. The molecule has 0 unspecified atom stereocenters. The molecule has 0 aromatic carbocycles. The van der Waals surface area contributed by atoms with Crippen molar-refractivity contribution in [2.45, 2.75) is 34.6 Å². The quantitative estimate of drug-likeness (QED) is 0.285. The van der Waals surface area contributed by atoms with Crippen molar-refractivity contribution in [1.29, 1.82) is 0 Å². The number of hydrogen-bond acceptors (Lipinski definition) is 5. The van der Waals surface area contributed by atoms with Gasteiger partial charge in [0.25, 0.3) is 0 Å². The summed E-state index contributed by atoms with van der Waals surface area (Å²) in [7, 11) is 0. The van der Waals surface area contributed by atoms with Crippen LogP contribution in [0, 0.1) is 0 Å². The second kappa shape index (κ2) is 139. The summed E-state index contributed by atoms with van der Waals surface area (Å²) in [6, 6.07) is 0. The van der Waals surface area contributed by atoms with Crippen LogP contribution in [0.15, 0.2) is 0 Å². The Bertz CT molecular complexity index is 35.9. The molecule has 0 aliphatic rings. The van der Waals surface area contributed by atoms with Crippen LogP contribution in [0.1, 0.15) is 34.6 Å². The Morgan fingerprint density at radius 2 is 0.444 bits per heavy atom. The van der Waals surface area contributed by atoms with Crippen LogP contribution in [0.5, 0.6) is 0 Å². The molecule has 0 bridgehead atoms. The predicted molar refractivity (Wildman–Crippen MR) is 53.4 cm³/mol. The molecule has 6 nitrogen and oxygen atoms in total. The first-order chi connectivity index (χ1) is 7.07. The molecule has 0 aliphatic heterocycles. The maximum atomic E-state index is 8.93. The van der Waals surface area contributed by atoms with E-state index in [0.29, 0.717) is 0 Å². The van der Waals surface area contributed by atoms with Crippen LogP contribution >= 0.6 is 0 Å². The second-order valence-corrected chi connectivity index (χ2v) is 1.44. The van der Waals surface area contributed by atoms with Crippen molar-refractivity contribution in [2.24, 2.45) is 0 Å². The van der Waals surface area contributed by atoms with Gasteiger partial charge in [-0.1, -0.05) is 34.6 Å². The van der Waals surface area contributed by atoms with Gasteiger partial charge < -0.3 is 31.0 Å². The first-order valence-electron chi connectivity index (χ1n) is 4.98. The maximum absolute atomic E-state index is 8.93. The predicted octanol–water partition coefficient (Wildman–Crippen LogP) is -3.29. The summed E-state index contributed by atoms with van der Waals surface area (Å²) < 4.78 is 0. The summed E-state index contributed by atoms with van der Waals surface area (Å²) in [5.41, 5.74) is 0. The van der Waals surface area contributed by atoms with Gasteiger partial charge in [-0.25, -0.2) is 0 Å². The van der Waals surface area contributed by atoms with Gasteiger partial charge in [0.05, 0.1) is 0 Å². The molecular weight excluding hydrogens is 578 g/mol. The zero-order chi connectivity index (χ0) is 13.5. The first-order valence-corrected chi connectivity index (χ1v) is 4.98. The van der Waals surface area contributed by atoms with Gasteiger partial charge >= 0.3 is 44.8 Å². The third kappa shape index (κ3) is 2950. The smallest absolute Gasteiger partial charge is 2.00 e. The van der Waals surface area contributed by atoms with Crippen molar-refractivity contribution in [2.75, 3.05) is 33.0 Å². The first kappa shape index (κ1) is 50.7. The Hall–Kier alpha value is 1.24. The summed E-state index contributed by atoms with van der Waals surface area (Å²) >= 11 is 0. The molecule has 108 valence electrons. The van der Waals surface area contributed by atoms with Gasteiger partial charge in [0.2, 0.25) is 0 Å². The van der Waals surface area contributed by atoms with Crippen molar-refractivity contribution in [3.63, 3.8) is 0 Å². The van der Waals surface area contributed by atoms with Crippen LogP contribution in [0.25, 0.3) is 0 Å². The normalized spacial score (nSPS) is 5.00. The van der Waals surface area contributed by atoms with Gasteiger partial charge in [-0.05, 0) is 0 Å². The molecule has 18 heavy (non-hydrogen) atoms. The van der Waals surface area contributed by atoms with E-state index in [-0.39, 0.29) is 83.3 Å². The van der Waals surface area contributed by atoms with Crippen molar-refractivity contribution >= 4 is 0 Å². The summed E-state index contributed by atoms with van der Waals surface area (Å²) in [5, 5.41) is 44.7. The average molecular weight is 603 g/mol. The molecule has 0 aromatic heterocycles. The van der Waals surface area contributed by atoms with E-state index in [1.165, 1.54) is 0 Å². The Labute approximate surface area is 143 Å². The molecule has 0 amide bonds. The van der Waals surface area contributed by atoms with Crippen molar-refractivity contribution in [3.8, 4) is 0 Å². The molecule has 0 aromatic rings. The van der Waals surface area contributed by atoms with Crippen LogP contribution in [0.3, 0.4) is 0 Å². The standard InChI is InChI=1S/5C2H5O.O.2Ta/c5*1-2-3;;;/h5*2H2,1H3;;;/q5*-1;-2;2*+5. The van der Waals surface area contributed by atoms with Gasteiger partial charge in [-0.2, -0.15) is 0 Å². The SMILES string of the molecule is CC[O-].CC[O-].CC[O-].CC[O-].CC[O-].[O-2].[Ta+5].[Ta+5]. The van der Waals surface area contributed by atoms with Crippen LogP contribution in [-0.4, -0.2) is 33.0 Å². The van der Waals surface area contributed by atoms with Crippen LogP contribution in [-0.2, 0) is 50.2 Å². The fraction of sp³-hybridized carbons (Fsp3) is 1.00. The Kier molecular flexibility index (Phi) is 392. The van der Waals surface area contributed by atoms with E-state index in [0.717, 1.165) is 0 Å². The van der Waals surface area contributed by atoms with Crippen LogP contribution in [0.2, 0.25) is 0 Å². The van der Waals surface area contributed by atoms with E-state index in [1.807, 2.05) is 0 Å². The van der Waals surface area contributed by atoms with E-state index in [4.69, 9.17) is 25.5 Å². The minimum Gasteiger partial charge on any atom is -2.00 e. The van der Waals surface area contributed by atoms with E-state index >= 15 is 0 Å². The monoisotopic (exact) mass is 603 g/mol. The van der Waals surface area contributed by atoms with E-state index in [9.17, 15) is 0 Å². The molecule has 0 aliphatic carbocycles. The Morgan fingerprint density at radius 3 is 0.444 bits per heavy atom. The average Bonchev–Trinajstić information content (AvgIpc) is 2.09. The molecule has 0 saturated heterocycles. The molecule has 0 N–H and O–H groups in total. The van der Waals surface area contributed by atoms with Crippen LogP contribution in [0.4, 0.5) is 0 Å². The van der Waals surface area contributed by atoms with E-state index < -0.39 is 0 Å². The minimum absolute atomic E-state index is 0. The largest absolute Gasteiger partial charge is 5.00 e. The van der Waals surface area contributed by atoms with Crippen molar-refractivity contribution < 1.29 is 75.8 Å². The molecule has 0 heterocycles. The van der Waals surface area contributed by atoms with Crippen LogP contribution < -0.4 is 25.5 Å². The van der Waals surface area contributed by atoms with E-state index in [1.54, 1.807) is 34.6 Å². The Balaban J connectivity index is -0.0000000111. The summed E-state index contributed by atoms with van der Waals surface area (Å²) in [4.78, 5) is 0. The maximum Gasteiger partial charge on any atom is 5.00 e. The molecule has 0 fully saturated rings. The number of rotatable bonds is 0. The summed E-state index contributed by atoms with van der Waals surface area (Å²) in [6.07, 6.45) is 0. The topological polar surface area (TPSA) is 144 Å². The zero-order valence-corrected chi connectivity index (χ0v) is 18.3. The second-order valence-electron chi connectivity index (χ2n) is 1.44. The minimum atomic E-state index is 0. The third-order valence-electron chi connectivity index (χ3n) is 0. The van der Waals surface area contributed by atoms with Gasteiger partial charge in [0, 0.05) is 0 Å². The van der Waals surface area contributed by atoms with E-state index in [2.05, 4.69) is 0 Å². The molecule has 0 rings (SSSR count). The zero-order valence-electron chi connectivity index (χ0n) is 11.9. The molecule has 0 saturated carbocycles. The molecule has 0 radical (unpaired) electrons. The van der Waals surface area contributed by atoms with Crippen molar-refractivity contribution in [1.82, 2.24) is 0 Å². The van der Waals surface area contributed by atoms with Gasteiger partial charge in [0.1, 0.15) is 0 Å². The third-order valence-corrected chi connectivity index (χ3v) is 0. The molecule has 8 heteroatoms. The van der Waals surface area contributed by atoms with Crippen molar-refractivity contribution in [3.05, 3.63) is 0 Å². The van der Waals surface area contributed by atoms with Gasteiger partial charge in [-0.3, -0.25) is 0 Å². The molecule has 0 spiro atoms. The fourth-order valence-electron chi connectivity index (χ4n) is 0.